The summed E-state index contributed by atoms with van der Waals surface area (Å²) in [6.07, 6.45) is 0. The van der Waals surface area contributed by atoms with E-state index in [0.717, 1.165) is 16.6 Å². The molecule has 0 bridgehead atoms. The van der Waals surface area contributed by atoms with Gasteiger partial charge in [0.2, 0.25) is 0 Å². The van der Waals surface area contributed by atoms with E-state index in [0.29, 0.717) is 13.1 Å². The number of fused-ring (bicyclic) bond motifs is 1. The van der Waals surface area contributed by atoms with Crippen molar-refractivity contribution in [2.75, 3.05) is 6.54 Å². The van der Waals surface area contributed by atoms with Gasteiger partial charge in [0, 0.05) is 13.1 Å². The molecular formula is C13H16N4O. The van der Waals surface area contributed by atoms with E-state index >= 15 is 0 Å². The molecule has 0 atom stereocenters. The third-order valence-corrected chi connectivity index (χ3v) is 2.78. The SMILES string of the molecule is CC(C)(C#N)CNCc1ccc2[nH]c(=O)[nH]c2c1. The molecule has 5 nitrogen and oxygen atoms in total. The standard InChI is InChI=1S/C13H16N4O/c1-13(2,7-14)8-15-6-9-3-4-10-11(5-9)17-12(18)16-10/h3-5,15H,6,8H2,1-2H3,(H2,16,17,18). The molecule has 2 aromatic rings. The molecule has 94 valence electrons. The van der Waals surface area contributed by atoms with Gasteiger partial charge in [-0.25, -0.2) is 4.79 Å². The van der Waals surface area contributed by atoms with Crippen LogP contribution in [0.3, 0.4) is 0 Å². The summed E-state index contributed by atoms with van der Waals surface area (Å²) in [5.41, 5.74) is 2.12. The maximum atomic E-state index is 11.1. The number of imidazole rings is 1. The van der Waals surface area contributed by atoms with Gasteiger partial charge in [-0.15, -0.1) is 0 Å². The number of rotatable bonds is 4. The van der Waals surface area contributed by atoms with Crippen LogP contribution in [0.15, 0.2) is 23.0 Å². The minimum Gasteiger partial charge on any atom is -0.311 e. The summed E-state index contributed by atoms with van der Waals surface area (Å²) >= 11 is 0. The van der Waals surface area contributed by atoms with Crippen molar-refractivity contribution in [3.8, 4) is 6.07 Å². The van der Waals surface area contributed by atoms with Gasteiger partial charge in [0.25, 0.3) is 0 Å². The Hall–Kier alpha value is -2.06. The van der Waals surface area contributed by atoms with Gasteiger partial charge in [-0.3, -0.25) is 0 Å². The highest BCUT2D eigenvalue weighted by molar-refractivity contribution is 5.74. The molecule has 1 heterocycles. The molecule has 5 heteroatoms. The Kier molecular flexibility index (Phi) is 3.21. The Morgan fingerprint density at radius 2 is 2.06 bits per heavy atom. The molecule has 3 N–H and O–H groups in total. The fourth-order valence-corrected chi connectivity index (χ4v) is 1.75. The van der Waals surface area contributed by atoms with Gasteiger partial charge in [-0.1, -0.05) is 6.07 Å². The number of nitriles is 1. The highest BCUT2D eigenvalue weighted by Gasteiger charge is 2.15. The first-order valence-electron chi connectivity index (χ1n) is 5.83. The van der Waals surface area contributed by atoms with Crippen LogP contribution in [0.4, 0.5) is 0 Å². The van der Waals surface area contributed by atoms with Crippen LogP contribution in [0.1, 0.15) is 19.4 Å². The van der Waals surface area contributed by atoms with E-state index in [1.165, 1.54) is 0 Å². The lowest BCUT2D eigenvalue weighted by molar-refractivity contribution is 0.445. The zero-order chi connectivity index (χ0) is 13.2. The number of nitrogens with zero attached hydrogens (tertiary/aromatic N) is 1. The summed E-state index contributed by atoms with van der Waals surface area (Å²) in [5.74, 6) is 0. The van der Waals surface area contributed by atoms with Crippen molar-refractivity contribution in [3.05, 3.63) is 34.2 Å². The fourth-order valence-electron chi connectivity index (χ4n) is 1.75. The van der Waals surface area contributed by atoms with Gasteiger partial charge in [0.05, 0.1) is 22.5 Å². The van der Waals surface area contributed by atoms with Crippen molar-refractivity contribution >= 4 is 11.0 Å². The maximum absolute atomic E-state index is 11.1. The van der Waals surface area contributed by atoms with Crippen LogP contribution < -0.4 is 11.0 Å². The van der Waals surface area contributed by atoms with Gasteiger partial charge in [0.15, 0.2) is 0 Å². The average Bonchev–Trinajstić information content (AvgIpc) is 2.68. The monoisotopic (exact) mass is 244 g/mol. The second-order valence-corrected chi connectivity index (χ2v) is 5.06. The first kappa shape index (κ1) is 12.4. The second kappa shape index (κ2) is 4.67. The Balaban J connectivity index is 2.04. The van der Waals surface area contributed by atoms with Crippen LogP contribution in [-0.2, 0) is 6.54 Å². The zero-order valence-electron chi connectivity index (χ0n) is 10.5. The Bertz CT molecular complexity index is 645. The maximum Gasteiger partial charge on any atom is 0.323 e. The quantitative estimate of drug-likeness (QED) is 0.762. The highest BCUT2D eigenvalue weighted by atomic mass is 16.1. The van der Waals surface area contributed by atoms with E-state index in [-0.39, 0.29) is 11.1 Å². The van der Waals surface area contributed by atoms with Crippen LogP contribution >= 0.6 is 0 Å². The van der Waals surface area contributed by atoms with Gasteiger partial charge in [-0.05, 0) is 31.5 Å². The normalized spacial score (nSPS) is 11.6. The lowest BCUT2D eigenvalue weighted by Gasteiger charge is -2.15. The number of benzene rings is 1. The molecule has 1 aromatic carbocycles. The van der Waals surface area contributed by atoms with Crippen LogP contribution in [0.2, 0.25) is 0 Å². The first-order chi connectivity index (χ1) is 8.50. The third kappa shape index (κ3) is 2.79. The molecule has 0 amide bonds. The predicted molar refractivity (Wildman–Crippen MR) is 70.0 cm³/mol. The molecular weight excluding hydrogens is 228 g/mol. The largest absolute Gasteiger partial charge is 0.323 e. The van der Waals surface area contributed by atoms with Crippen molar-refractivity contribution in [1.29, 1.82) is 5.26 Å². The summed E-state index contributed by atoms with van der Waals surface area (Å²) in [6, 6.07) is 8.01. The topological polar surface area (TPSA) is 84.5 Å². The van der Waals surface area contributed by atoms with E-state index in [1.807, 2.05) is 32.0 Å². The van der Waals surface area contributed by atoms with Crippen LogP contribution in [-0.4, -0.2) is 16.5 Å². The minimum atomic E-state index is -0.369. The van der Waals surface area contributed by atoms with E-state index in [9.17, 15) is 4.79 Å². The number of H-pyrrole nitrogens is 2. The summed E-state index contributed by atoms with van der Waals surface area (Å²) in [7, 11) is 0. The minimum absolute atomic E-state index is 0.194. The molecule has 2 rings (SSSR count). The Morgan fingerprint density at radius 1 is 1.33 bits per heavy atom. The number of aromatic amines is 2. The lowest BCUT2D eigenvalue weighted by atomic mass is 9.96. The molecule has 0 radical (unpaired) electrons. The first-order valence-corrected chi connectivity index (χ1v) is 5.83. The van der Waals surface area contributed by atoms with Gasteiger partial charge in [0.1, 0.15) is 0 Å². The van der Waals surface area contributed by atoms with Crippen molar-refractivity contribution in [2.45, 2.75) is 20.4 Å². The fraction of sp³-hybridized carbons (Fsp3) is 0.385. The number of hydrogen-bond acceptors (Lipinski definition) is 3. The molecule has 0 aliphatic heterocycles. The smallest absolute Gasteiger partial charge is 0.311 e. The number of nitrogens with one attached hydrogen (secondary N) is 3. The van der Waals surface area contributed by atoms with Crippen LogP contribution in [0, 0.1) is 16.7 Å². The summed E-state index contributed by atoms with van der Waals surface area (Å²) in [4.78, 5) is 16.5. The average molecular weight is 244 g/mol. The van der Waals surface area contributed by atoms with Gasteiger partial charge < -0.3 is 15.3 Å². The van der Waals surface area contributed by atoms with Gasteiger partial charge in [-0.2, -0.15) is 5.26 Å². The van der Waals surface area contributed by atoms with E-state index in [4.69, 9.17) is 5.26 Å². The van der Waals surface area contributed by atoms with Crippen molar-refractivity contribution in [3.63, 3.8) is 0 Å². The summed E-state index contributed by atoms with van der Waals surface area (Å²) < 4.78 is 0. The van der Waals surface area contributed by atoms with Crippen LogP contribution in [0.25, 0.3) is 11.0 Å². The summed E-state index contributed by atoms with van der Waals surface area (Å²) in [5, 5.41) is 12.1. The molecule has 0 aliphatic carbocycles. The van der Waals surface area contributed by atoms with Crippen LogP contribution in [0.5, 0.6) is 0 Å². The molecule has 0 fully saturated rings. The van der Waals surface area contributed by atoms with Gasteiger partial charge >= 0.3 is 5.69 Å². The Labute approximate surface area is 105 Å². The number of aromatic nitrogens is 2. The zero-order valence-corrected chi connectivity index (χ0v) is 10.5. The van der Waals surface area contributed by atoms with Crippen molar-refractivity contribution < 1.29 is 0 Å². The highest BCUT2D eigenvalue weighted by Crippen LogP contribution is 2.13. The molecule has 0 aliphatic rings. The third-order valence-electron chi connectivity index (χ3n) is 2.78. The predicted octanol–water partition coefficient (Wildman–Crippen LogP) is 1.50. The molecule has 0 unspecified atom stereocenters. The van der Waals surface area contributed by atoms with E-state index in [1.54, 1.807) is 0 Å². The molecule has 0 saturated carbocycles. The van der Waals surface area contributed by atoms with Crippen molar-refractivity contribution in [2.24, 2.45) is 5.41 Å². The Morgan fingerprint density at radius 3 is 2.78 bits per heavy atom. The lowest BCUT2D eigenvalue weighted by Crippen LogP contribution is -2.27. The molecule has 0 saturated heterocycles. The molecule has 0 spiro atoms. The van der Waals surface area contributed by atoms with Crippen molar-refractivity contribution in [1.82, 2.24) is 15.3 Å². The molecule has 1 aromatic heterocycles. The molecule has 18 heavy (non-hydrogen) atoms. The number of hydrogen-bond donors (Lipinski definition) is 3. The van der Waals surface area contributed by atoms with E-state index < -0.39 is 0 Å². The van der Waals surface area contributed by atoms with E-state index in [2.05, 4.69) is 21.4 Å². The summed E-state index contributed by atoms with van der Waals surface area (Å²) in [6.45, 7) is 5.10. The second-order valence-electron chi connectivity index (χ2n) is 5.06.